The molecule has 1 aromatic carbocycles. The van der Waals surface area contributed by atoms with Gasteiger partial charge in [0.05, 0.1) is 12.2 Å². The molecule has 0 fully saturated rings. The first kappa shape index (κ1) is 15.1. The SMILES string of the molecule is CCOC(=O)c1c(CCO)cn(OC)c1-c1ccccc1. The molecule has 0 amide bonds. The van der Waals surface area contributed by atoms with Gasteiger partial charge in [-0.3, -0.25) is 0 Å². The Labute approximate surface area is 123 Å². The summed E-state index contributed by atoms with van der Waals surface area (Å²) in [4.78, 5) is 17.6. The number of aliphatic hydroxyl groups excluding tert-OH is 1. The van der Waals surface area contributed by atoms with Crippen LogP contribution in [-0.4, -0.2) is 36.1 Å². The number of hydrogen-bond donors (Lipinski definition) is 1. The van der Waals surface area contributed by atoms with Crippen molar-refractivity contribution in [2.45, 2.75) is 13.3 Å². The first-order valence-electron chi connectivity index (χ1n) is 6.85. The van der Waals surface area contributed by atoms with Crippen molar-refractivity contribution in [3.8, 4) is 11.3 Å². The second kappa shape index (κ2) is 6.95. The monoisotopic (exact) mass is 289 g/mol. The van der Waals surface area contributed by atoms with Gasteiger partial charge in [-0.25, -0.2) is 4.79 Å². The van der Waals surface area contributed by atoms with Crippen LogP contribution in [0.4, 0.5) is 0 Å². The van der Waals surface area contributed by atoms with Gasteiger partial charge >= 0.3 is 5.97 Å². The van der Waals surface area contributed by atoms with E-state index in [0.29, 0.717) is 29.8 Å². The summed E-state index contributed by atoms with van der Waals surface area (Å²) in [5.74, 6) is -0.407. The van der Waals surface area contributed by atoms with Gasteiger partial charge in [0.1, 0.15) is 12.8 Å². The average Bonchev–Trinajstić information content (AvgIpc) is 2.87. The first-order valence-corrected chi connectivity index (χ1v) is 6.85. The quantitative estimate of drug-likeness (QED) is 0.825. The minimum Gasteiger partial charge on any atom is -0.462 e. The predicted octanol–water partition coefficient (Wildman–Crippen LogP) is 1.93. The molecule has 2 rings (SSSR count). The lowest BCUT2D eigenvalue weighted by atomic mass is 10.0. The Hall–Kier alpha value is -2.27. The van der Waals surface area contributed by atoms with Crippen molar-refractivity contribution in [2.24, 2.45) is 0 Å². The van der Waals surface area contributed by atoms with Crippen molar-refractivity contribution in [1.82, 2.24) is 4.73 Å². The second-order valence-corrected chi connectivity index (χ2v) is 4.45. The van der Waals surface area contributed by atoms with Crippen LogP contribution in [0.3, 0.4) is 0 Å². The molecule has 0 radical (unpaired) electrons. The van der Waals surface area contributed by atoms with Crippen molar-refractivity contribution in [1.29, 1.82) is 0 Å². The fraction of sp³-hybridized carbons (Fsp3) is 0.312. The van der Waals surface area contributed by atoms with Crippen LogP contribution in [-0.2, 0) is 11.2 Å². The van der Waals surface area contributed by atoms with E-state index in [0.717, 1.165) is 5.56 Å². The molecule has 0 atom stereocenters. The Morgan fingerprint density at radius 1 is 1.29 bits per heavy atom. The highest BCUT2D eigenvalue weighted by Crippen LogP contribution is 2.29. The van der Waals surface area contributed by atoms with Crippen molar-refractivity contribution in [3.05, 3.63) is 47.7 Å². The zero-order valence-electron chi connectivity index (χ0n) is 12.2. The number of rotatable bonds is 6. The summed E-state index contributed by atoms with van der Waals surface area (Å²) in [5, 5.41) is 9.20. The highest BCUT2D eigenvalue weighted by atomic mass is 16.6. The number of ether oxygens (including phenoxy) is 1. The van der Waals surface area contributed by atoms with Gasteiger partial charge in [-0.2, -0.15) is 4.73 Å². The van der Waals surface area contributed by atoms with E-state index in [-0.39, 0.29) is 6.61 Å². The molecule has 0 unspecified atom stereocenters. The highest BCUT2D eigenvalue weighted by Gasteiger charge is 2.24. The van der Waals surface area contributed by atoms with E-state index in [9.17, 15) is 9.90 Å². The molecule has 2 aromatic rings. The summed E-state index contributed by atoms with van der Waals surface area (Å²) in [7, 11) is 1.53. The molecule has 0 bridgehead atoms. The smallest absolute Gasteiger partial charge is 0.340 e. The van der Waals surface area contributed by atoms with Gasteiger partial charge in [-0.15, -0.1) is 0 Å². The van der Waals surface area contributed by atoms with E-state index in [1.807, 2.05) is 30.3 Å². The molecular formula is C16H19NO4. The average molecular weight is 289 g/mol. The van der Waals surface area contributed by atoms with Crippen molar-refractivity contribution in [3.63, 3.8) is 0 Å². The molecule has 5 heteroatoms. The summed E-state index contributed by atoms with van der Waals surface area (Å²) in [6.45, 7) is 2.01. The van der Waals surface area contributed by atoms with Crippen LogP contribution in [0.25, 0.3) is 11.3 Å². The van der Waals surface area contributed by atoms with Gasteiger partial charge in [0.25, 0.3) is 0 Å². The van der Waals surface area contributed by atoms with Crippen LogP contribution in [0.2, 0.25) is 0 Å². The minimum atomic E-state index is -0.407. The van der Waals surface area contributed by atoms with Crippen molar-refractivity contribution >= 4 is 5.97 Å². The first-order chi connectivity index (χ1) is 10.2. The molecule has 1 aromatic heterocycles. The number of hydrogen-bond acceptors (Lipinski definition) is 4. The molecule has 112 valence electrons. The number of carbonyl (C=O) groups excluding carboxylic acids is 1. The van der Waals surface area contributed by atoms with Crippen molar-refractivity contribution < 1.29 is 19.5 Å². The molecule has 1 N–H and O–H groups in total. The Bertz CT molecular complexity index is 604. The largest absolute Gasteiger partial charge is 0.462 e. The normalized spacial score (nSPS) is 10.4. The van der Waals surface area contributed by atoms with E-state index in [2.05, 4.69) is 0 Å². The molecule has 0 saturated carbocycles. The summed E-state index contributed by atoms with van der Waals surface area (Å²) in [6.07, 6.45) is 2.08. The van der Waals surface area contributed by atoms with Gasteiger partial charge in [-0.1, -0.05) is 30.3 Å². The number of aliphatic hydroxyl groups is 1. The standard InChI is InChI=1S/C16H19NO4/c1-3-21-16(19)14-13(9-10-18)11-17(20-2)15(14)12-7-5-4-6-8-12/h4-8,11,18H,3,9-10H2,1-2H3. The zero-order valence-corrected chi connectivity index (χ0v) is 12.2. The molecule has 1 heterocycles. The molecular weight excluding hydrogens is 270 g/mol. The number of aromatic nitrogens is 1. The van der Waals surface area contributed by atoms with E-state index < -0.39 is 5.97 Å². The van der Waals surface area contributed by atoms with Crippen LogP contribution in [0.1, 0.15) is 22.8 Å². The van der Waals surface area contributed by atoms with Gasteiger partial charge in [0.2, 0.25) is 0 Å². The van der Waals surface area contributed by atoms with Crippen LogP contribution in [0.5, 0.6) is 0 Å². The van der Waals surface area contributed by atoms with Crippen LogP contribution in [0, 0.1) is 0 Å². The van der Waals surface area contributed by atoms with Gasteiger partial charge in [0, 0.05) is 18.4 Å². The predicted molar refractivity (Wildman–Crippen MR) is 79.1 cm³/mol. The third-order valence-corrected chi connectivity index (χ3v) is 3.16. The summed E-state index contributed by atoms with van der Waals surface area (Å²) >= 11 is 0. The topological polar surface area (TPSA) is 60.7 Å². The number of esters is 1. The maximum atomic E-state index is 12.3. The summed E-state index contributed by atoms with van der Waals surface area (Å²) in [5.41, 5.74) is 2.64. The molecule has 0 spiro atoms. The number of carbonyl (C=O) groups is 1. The van der Waals surface area contributed by atoms with Gasteiger partial charge in [-0.05, 0) is 18.9 Å². The molecule has 5 nitrogen and oxygen atoms in total. The Balaban J connectivity index is 2.62. The highest BCUT2D eigenvalue weighted by molar-refractivity contribution is 5.98. The summed E-state index contributed by atoms with van der Waals surface area (Å²) < 4.78 is 6.68. The van der Waals surface area contributed by atoms with E-state index >= 15 is 0 Å². The van der Waals surface area contributed by atoms with E-state index in [4.69, 9.17) is 9.57 Å². The molecule has 0 aliphatic rings. The van der Waals surface area contributed by atoms with Crippen LogP contribution >= 0.6 is 0 Å². The molecule has 21 heavy (non-hydrogen) atoms. The summed E-state index contributed by atoms with van der Waals surface area (Å²) in [6, 6.07) is 9.49. The number of nitrogens with zero attached hydrogens (tertiary/aromatic N) is 1. The minimum absolute atomic E-state index is 0.0473. The molecule has 0 aliphatic heterocycles. The fourth-order valence-corrected chi connectivity index (χ4v) is 2.29. The van der Waals surface area contributed by atoms with Crippen molar-refractivity contribution in [2.75, 3.05) is 20.3 Å². The van der Waals surface area contributed by atoms with Crippen LogP contribution < -0.4 is 4.84 Å². The van der Waals surface area contributed by atoms with Gasteiger partial charge in [0.15, 0.2) is 0 Å². The van der Waals surface area contributed by atoms with Crippen LogP contribution in [0.15, 0.2) is 36.5 Å². The van der Waals surface area contributed by atoms with Gasteiger partial charge < -0.3 is 14.7 Å². The lowest BCUT2D eigenvalue weighted by Crippen LogP contribution is -2.11. The Kier molecular flexibility index (Phi) is 5.00. The molecule has 0 saturated heterocycles. The maximum absolute atomic E-state index is 12.3. The van der Waals surface area contributed by atoms with E-state index in [1.54, 1.807) is 13.1 Å². The second-order valence-electron chi connectivity index (χ2n) is 4.45. The van der Waals surface area contributed by atoms with E-state index in [1.165, 1.54) is 11.8 Å². The maximum Gasteiger partial charge on any atom is 0.340 e. The fourth-order valence-electron chi connectivity index (χ4n) is 2.29. The zero-order chi connectivity index (χ0) is 15.2. The molecule has 0 aliphatic carbocycles. The third kappa shape index (κ3) is 3.08. The lowest BCUT2D eigenvalue weighted by molar-refractivity contribution is 0.0524. The third-order valence-electron chi connectivity index (χ3n) is 3.16. The lowest BCUT2D eigenvalue weighted by Gasteiger charge is -2.10. The number of benzene rings is 1. The Morgan fingerprint density at radius 2 is 2.00 bits per heavy atom. The Morgan fingerprint density at radius 3 is 2.57 bits per heavy atom.